The number of hydrogen-bond donors (Lipinski definition) is 3. The first-order chi connectivity index (χ1) is 13.0. The van der Waals surface area contributed by atoms with Crippen molar-refractivity contribution in [1.29, 1.82) is 0 Å². The highest BCUT2D eigenvalue weighted by molar-refractivity contribution is 9.10. The summed E-state index contributed by atoms with van der Waals surface area (Å²) in [6.07, 6.45) is 2.07. The van der Waals surface area contributed by atoms with Crippen LogP contribution in [0, 0.1) is 0 Å². The molecule has 2 aromatic rings. The minimum absolute atomic E-state index is 0.145. The zero-order valence-electron chi connectivity index (χ0n) is 15.3. The summed E-state index contributed by atoms with van der Waals surface area (Å²) in [7, 11) is 0. The molecule has 0 spiro atoms. The Morgan fingerprint density at radius 3 is 2.67 bits per heavy atom. The van der Waals surface area contributed by atoms with Crippen molar-refractivity contribution in [2.75, 3.05) is 38.5 Å². The number of aromatic nitrogens is 1. The highest BCUT2D eigenvalue weighted by Gasteiger charge is 2.32. The van der Waals surface area contributed by atoms with E-state index in [-0.39, 0.29) is 12.1 Å². The molecule has 2 unspecified atom stereocenters. The average Bonchev–Trinajstić information content (AvgIpc) is 2.96. The number of aromatic amines is 1. The number of nitrogens with two attached hydrogens (primary N) is 1. The first-order valence-electron chi connectivity index (χ1n) is 9.53. The molecule has 4 nitrogen and oxygen atoms in total. The molecule has 0 bridgehead atoms. The monoisotopic (exact) mass is 468 g/mol. The van der Waals surface area contributed by atoms with E-state index in [4.69, 9.17) is 17.3 Å². The second-order valence-electron chi connectivity index (χ2n) is 7.58. The van der Waals surface area contributed by atoms with Gasteiger partial charge in [0.1, 0.15) is 0 Å². The minimum atomic E-state index is 0.145. The highest BCUT2D eigenvalue weighted by Crippen LogP contribution is 2.38. The fraction of sp³-hybridized carbons (Fsp3) is 0.500. The molecule has 2 heterocycles. The van der Waals surface area contributed by atoms with Gasteiger partial charge < -0.3 is 10.7 Å². The summed E-state index contributed by atoms with van der Waals surface area (Å²) in [6.45, 7) is 5.06. The molecular weight excluding hydrogens is 444 g/mol. The molecule has 0 amide bonds. The van der Waals surface area contributed by atoms with Gasteiger partial charge in [-0.15, -0.1) is 0 Å². The van der Waals surface area contributed by atoms with E-state index in [1.165, 1.54) is 22.4 Å². The standard InChI is InChI=1S/C20H26BrClN4S/c21-18-10-14-2-1-13-9-15(22)3-4-17(13)20(19(14)24-18)26-7-5-25(6-8-26)11-16(23)12-27/h3-4,9-10,16,20,24,27H,1-2,5-8,11-12,23H2. The molecule has 1 aliphatic heterocycles. The Balaban J connectivity index is 1.62. The van der Waals surface area contributed by atoms with Gasteiger partial charge in [-0.3, -0.25) is 9.80 Å². The maximum Gasteiger partial charge on any atom is 0.0825 e. The summed E-state index contributed by atoms with van der Waals surface area (Å²) < 4.78 is 1.06. The molecule has 0 saturated carbocycles. The van der Waals surface area contributed by atoms with Crippen molar-refractivity contribution in [1.82, 2.24) is 14.8 Å². The van der Waals surface area contributed by atoms with Gasteiger partial charge in [0.05, 0.1) is 10.6 Å². The fourth-order valence-electron chi connectivity index (χ4n) is 4.38. The third-order valence-corrected chi connectivity index (χ3v) is 6.87. The van der Waals surface area contributed by atoms with Gasteiger partial charge in [0, 0.05) is 55.2 Å². The normalized spacial score (nSPS) is 22.1. The highest BCUT2D eigenvalue weighted by atomic mass is 79.9. The Bertz CT molecular complexity index is 803. The van der Waals surface area contributed by atoms with Crippen LogP contribution in [-0.4, -0.2) is 59.3 Å². The van der Waals surface area contributed by atoms with Crippen LogP contribution in [0.4, 0.5) is 0 Å². The van der Waals surface area contributed by atoms with Crippen molar-refractivity contribution in [3.05, 3.63) is 56.3 Å². The van der Waals surface area contributed by atoms with Gasteiger partial charge in [0.15, 0.2) is 0 Å². The zero-order chi connectivity index (χ0) is 19.0. The topological polar surface area (TPSA) is 48.3 Å². The molecule has 1 aromatic carbocycles. The van der Waals surface area contributed by atoms with Gasteiger partial charge >= 0.3 is 0 Å². The van der Waals surface area contributed by atoms with E-state index in [1.54, 1.807) is 0 Å². The number of thiol groups is 1. The predicted molar refractivity (Wildman–Crippen MR) is 119 cm³/mol. The van der Waals surface area contributed by atoms with Gasteiger partial charge in [-0.05, 0) is 63.7 Å². The number of fused-ring (bicyclic) bond motifs is 2. The summed E-state index contributed by atoms with van der Waals surface area (Å²) in [5.41, 5.74) is 11.6. The lowest BCUT2D eigenvalue weighted by atomic mass is 9.96. The van der Waals surface area contributed by atoms with E-state index in [0.29, 0.717) is 0 Å². The van der Waals surface area contributed by atoms with Gasteiger partial charge in [0.25, 0.3) is 0 Å². The number of aryl methyl sites for hydroxylation is 2. The van der Waals surface area contributed by atoms with Crippen molar-refractivity contribution in [2.45, 2.75) is 24.9 Å². The Morgan fingerprint density at radius 2 is 1.93 bits per heavy atom. The maximum absolute atomic E-state index is 6.30. The van der Waals surface area contributed by atoms with E-state index >= 15 is 0 Å². The second-order valence-corrected chi connectivity index (χ2v) is 9.24. The van der Waals surface area contributed by atoms with Crippen molar-refractivity contribution in [3.63, 3.8) is 0 Å². The van der Waals surface area contributed by atoms with Crippen molar-refractivity contribution >= 4 is 40.2 Å². The van der Waals surface area contributed by atoms with E-state index < -0.39 is 0 Å². The number of halogens is 2. The SMILES string of the molecule is NC(CS)CN1CCN(C2c3ccc(Cl)cc3CCc3cc(Br)[nH]c32)CC1. The second kappa shape index (κ2) is 8.47. The van der Waals surface area contributed by atoms with E-state index in [1.807, 2.05) is 6.07 Å². The first kappa shape index (κ1) is 19.8. The molecule has 4 rings (SSSR count). The molecule has 3 N–H and O–H groups in total. The van der Waals surface area contributed by atoms with Gasteiger partial charge in [0.2, 0.25) is 0 Å². The number of nitrogens with one attached hydrogen (secondary N) is 1. The number of piperazine rings is 1. The maximum atomic E-state index is 6.30. The lowest BCUT2D eigenvalue weighted by Gasteiger charge is -2.40. The minimum Gasteiger partial charge on any atom is -0.351 e. The van der Waals surface area contributed by atoms with E-state index in [2.05, 4.69) is 61.5 Å². The number of nitrogens with zero attached hydrogens (tertiary/aromatic N) is 2. The molecule has 0 radical (unpaired) electrons. The number of rotatable bonds is 4. The zero-order valence-corrected chi connectivity index (χ0v) is 18.5. The number of hydrogen-bond acceptors (Lipinski definition) is 4. The van der Waals surface area contributed by atoms with Crippen LogP contribution < -0.4 is 5.73 Å². The quantitative estimate of drug-likeness (QED) is 0.601. The third kappa shape index (κ3) is 4.26. The van der Waals surface area contributed by atoms with Gasteiger partial charge in [-0.1, -0.05) is 17.7 Å². The van der Waals surface area contributed by atoms with Gasteiger partial charge in [-0.2, -0.15) is 12.6 Å². The van der Waals surface area contributed by atoms with Crippen molar-refractivity contribution in [3.8, 4) is 0 Å². The smallest absolute Gasteiger partial charge is 0.0825 e. The Hall–Kier alpha value is -0.500. The van der Waals surface area contributed by atoms with Crippen LogP contribution in [0.25, 0.3) is 0 Å². The summed E-state index contributed by atoms with van der Waals surface area (Å²) >= 11 is 14.3. The molecule has 2 atom stereocenters. The Labute approximate surface area is 180 Å². The molecule has 146 valence electrons. The average molecular weight is 470 g/mol. The molecule has 7 heteroatoms. The number of benzene rings is 1. The van der Waals surface area contributed by atoms with Crippen LogP contribution in [0.1, 0.15) is 28.4 Å². The van der Waals surface area contributed by atoms with E-state index in [9.17, 15) is 0 Å². The summed E-state index contributed by atoms with van der Waals surface area (Å²) in [4.78, 5) is 8.65. The third-order valence-electron chi connectivity index (χ3n) is 5.74. The van der Waals surface area contributed by atoms with Crippen LogP contribution in [-0.2, 0) is 12.8 Å². The lowest BCUT2D eigenvalue weighted by molar-refractivity contribution is 0.105. The molecule has 1 fully saturated rings. The summed E-state index contributed by atoms with van der Waals surface area (Å²) in [5, 5.41) is 0.824. The summed E-state index contributed by atoms with van der Waals surface area (Å²) in [5.74, 6) is 0.733. The summed E-state index contributed by atoms with van der Waals surface area (Å²) in [6, 6.07) is 9.02. The lowest BCUT2D eigenvalue weighted by Crippen LogP contribution is -2.51. The molecular formula is C20H26BrClN4S. The molecule has 1 saturated heterocycles. The van der Waals surface area contributed by atoms with Crippen LogP contribution in [0.5, 0.6) is 0 Å². The van der Waals surface area contributed by atoms with Crippen LogP contribution in [0.2, 0.25) is 5.02 Å². The molecule has 2 aliphatic rings. The molecule has 1 aromatic heterocycles. The van der Waals surface area contributed by atoms with Crippen LogP contribution >= 0.6 is 40.2 Å². The van der Waals surface area contributed by atoms with Crippen LogP contribution in [0.3, 0.4) is 0 Å². The van der Waals surface area contributed by atoms with Gasteiger partial charge in [-0.25, -0.2) is 0 Å². The number of H-pyrrole nitrogens is 1. The van der Waals surface area contributed by atoms with E-state index in [0.717, 1.165) is 60.9 Å². The van der Waals surface area contributed by atoms with Crippen LogP contribution in [0.15, 0.2) is 28.9 Å². The Morgan fingerprint density at radius 1 is 1.19 bits per heavy atom. The Kier molecular flexibility index (Phi) is 6.21. The molecule has 27 heavy (non-hydrogen) atoms. The molecule has 1 aliphatic carbocycles. The fourth-order valence-corrected chi connectivity index (χ4v) is 5.18. The van der Waals surface area contributed by atoms with Crippen molar-refractivity contribution < 1.29 is 0 Å². The first-order valence-corrected chi connectivity index (χ1v) is 11.3. The van der Waals surface area contributed by atoms with Crippen molar-refractivity contribution in [2.24, 2.45) is 5.73 Å². The predicted octanol–water partition coefficient (Wildman–Crippen LogP) is 3.49. The largest absolute Gasteiger partial charge is 0.351 e.